The van der Waals surface area contributed by atoms with Gasteiger partial charge in [0.05, 0.1) is 18.0 Å². The average Bonchev–Trinajstić information content (AvgIpc) is 2.97. The molecule has 1 amide bonds. The highest BCUT2D eigenvalue weighted by molar-refractivity contribution is 8.00. The fourth-order valence-electron chi connectivity index (χ4n) is 0.930. The van der Waals surface area contributed by atoms with E-state index in [2.05, 4.69) is 5.32 Å². The molecule has 0 spiro atoms. The van der Waals surface area contributed by atoms with Crippen LogP contribution in [0.15, 0.2) is 0 Å². The SMILES string of the molecule is CC(SCC(O)CO)C(=O)NC1CC1. The van der Waals surface area contributed by atoms with Crippen LogP contribution < -0.4 is 5.32 Å². The largest absolute Gasteiger partial charge is 0.394 e. The molecule has 2 unspecified atom stereocenters. The molecule has 0 aromatic heterocycles. The highest BCUT2D eigenvalue weighted by atomic mass is 32.2. The summed E-state index contributed by atoms with van der Waals surface area (Å²) in [4.78, 5) is 11.4. The summed E-state index contributed by atoms with van der Waals surface area (Å²) in [6, 6.07) is 0.383. The molecule has 0 aromatic rings. The van der Waals surface area contributed by atoms with Crippen LogP contribution >= 0.6 is 11.8 Å². The average molecular weight is 219 g/mol. The van der Waals surface area contributed by atoms with Gasteiger partial charge in [0.2, 0.25) is 5.91 Å². The molecule has 1 fully saturated rings. The number of aliphatic hydroxyl groups is 2. The number of aliphatic hydroxyl groups excluding tert-OH is 2. The van der Waals surface area contributed by atoms with E-state index in [-0.39, 0.29) is 17.8 Å². The van der Waals surface area contributed by atoms with Gasteiger partial charge in [-0.1, -0.05) is 0 Å². The molecule has 0 radical (unpaired) electrons. The molecule has 0 aromatic carbocycles. The summed E-state index contributed by atoms with van der Waals surface area (Å²) in [5.41, 5.74) is 0. The van der Waals surface area contributed by atoms with Gasteiger partial charge in [0.15, 0.2) is 0 Å². The minimum Gasteiger partial charge on any atom is -0.394 e. The summed E-state index contributed by atoms with van der Waals surface area (Å²) in [5.74, 6) is 0.429. The van der Waals surface area contributed by atoms with Gasteiger partial charge in [-0.2, -0.15) is 0 Å². The van der Waals surface area contributed by atoms with Crippen LogP contribution in [0.4, 0.5) is 0 Å². The molecule has 4 nitrogen and oxygen atoms in total. The Morgan fingerprint density at radius 2 is 2.29 bits per heavy atom. The molecule has 14 heavy (non-hydrogen) atoms. The molecule has 0 bridgehead atoms. The van der Waals surface area contributed by atoms with Crippen LogP contribution in [0.5, 0.6) is 0 Å². The molecule has 1 aliphatic carbocycles. The van der Waals surface area contributed by atoms with Crippen molar-refractivity contribution in [3.05, 3.63) is 0 Å². The molecular formula is C9H17NO3S. The van der Waals surface area contributed by atoms with Gasteiger partial charge in [-0.15, -0.1) is 11.8 Å². The molecule has 1 saturated carbocycles. The highest BCUT2D eigenvalue weighted by Crippen LogP contribution is 2.20. The van der Waals surface area contributed by atoms with Crippen molar-refractivity contribution in [1.29, 1.82) is 0 Å². The second kappa shape index (κ2) is 5.58. The number of amides is 1. The van der Waals surface area contributed by atoms with Crippen LogP contribution in [0.25, 0.3) is 0 Å². The van der Waals surface area contributed by atoms with Crippen LogP contribution in [0, 0.1) is 0 Å². The normalized spacial score (nSPS) is 20.2. The number of thioether (sulfide) groups is 1. The van der Waals surface area contributed by atoms with E-state index >= 15 is 0 Å². The van der Waals surface area contributed by atoms with E-state index in [9.17, 15) is 4.79 Å². The van der Waals surface area contributed by atoms with Crippen molar-refractivity contribution in [3.8, 4) is 0 Å². The highest BCUT2D eigenvalue weighted by Gasteiger charge is 2.25. The lowest BCUT2D eigenvalue weighted by molar-refractivity contribution is -0.120. The third-order valence-electron chi connectivity index (χ3n) is 2.04. The Labute approximate surface area is 88.1 Å². The smallest absolute Gasteiger partial charge is 0.233 e. The summed E-state index contributed by atoms with van der Waals surface area (Å²) in [5, 5.41) is 20.4. The number of hydrogen-bond acceptors (Lipinski definition) is 4. The zero-order valence-corrected chi connectivity index (χ0v) is 9.09. The topological polar surface area (TPSA) is 69.6 Å². The number of rotatable bonds is 6. The summed E-state index contributed by atoms with van der Waals surface area (Å²) < 4.78 is 0. The van der Waals surface area contributed by atoms with Gasteiger partial charge in [0, 0.05) is 11.8 Å². The molecule has 82 valence electrons. The summed E-state index contributed by atoms with van der Waals surface area (Å²) in [7, 11) is 0. The Kier molecular flexibility index (Phi) is 4.71. The summed E-state index contributed by atoms with van der Waals surface area (Å²) in [6.07, 6.45) is 1.45. The molecule has 2 atom stereocenters. The van der Waals surface area contributed by atoms with Gasteiger partial charge in [-0.05, 0) is 19.8 Å². The molecule has 5 heteroatoms. The lowest BCUT2D eigenvalue weighted by Gasteiger charge is -2.13. The van der Waals surface area contributed by atoms with Gasteiger partial charge >= 0.3 is 0 Å². The van der Waals surface area contributed by atoms with Gasteiger partial charge in [0.1, 0.15) is 0 Å². The maximum Gasteiger partial charge on any atom is 0.233 e. The first-order valence-corrected chi connectivity index (χ1v) is 5.89. The van der Waals surface area contributed by atoms with Crippen LogP contribution in [0.2, 0.25) is 0 Å². The van der Waals surface area contributed by atoms with E-state index in [0.29, 0.717) is 11.8 Å². The fourth-order valence-corrected chi connectivity index (χ4v) is 1.77. The summed E-state index contributed by atoms with van der Waals surface area (Å²) >= 11 is 1.36. The van der Waals surface area contributed by atoms with Gasteiger partial charge in [0.25, 0.3) is 0 Å². The predicted molar refractivity (Wildman–Crippen MR) is 56.2 cm³/mol. The maximum atomic E-state index is 11.4. The summed E-state index contributed by atoms with van der Waals surface area (Å²) in [6.45, 7) is 1.57. The van der Waals surface area contributed by atoms with Crippen molar-refractivity contribution in [2.24, 2.45) is 0 Å². The zero-order chi connectivity index (χ0) is 10.6. The van der Waals surface area contributed by atoms with E-state index < -0.39 is 6.10 Å². The second-order valence-electron chi connectivity index (χ2n) is 3.59. The Hall–Kier alpha value is -0.260. The lowest BCUT2D eigenvalue weighted by Crippen LogP contribution is -2.33. The van der Waals surface area contributed by atoms with Crippen molar-refractivity contribution < 1.29 is 15.0 Å². The zero-order valence-electron chi connectivity index (χ0n) is 8.27. The Morgan fingerprint density at radius 3 is 2.79 bits per heavy atom. The van der Waals surface area contributed by atoms with Crippen molar-refractivity contribution >= 4 is 17.7 Å². The standard InChI is InChI=1S/C9H17NO3S/c1-6(14-5-8(12)4-11)9(13)10-7-2-3-7/h6-8,11-12H,2-5H2,1H3,(H,10,13). The van der Waals surface area contributed by atoms with Crippen LogP contribution in [0.1, 0.15) is 19.8 Å². The monoisotopic (exact) mass is 219 g/mol. The molecule has 1 aliphatic rings. The van der Waals surface area contributed by atoms with Gasteiger partial charge < -0.3 is 15.5 Å². The van der Waals surface area contributed by atoms with Crippen molar-refractivity contribution in [2.75, 3.05) is 12.4 Å². The van der Waals surface area contributed by atoms with E-state index in [1.54, 1.807) is 0 Å². The van der Waals surface area contributed by atoms with E-state index in [4.69, 9.17) is 10.2 Å². The third-order valence-corrected chi connectivity index (χ3v) is 3.33. The lowest BCUT2D eigenvalue weighted by atomic mass is 10.4. The van der Waals surface area contributed by atoms with Crippen molar-refractivity contribution in [1.82, 2.24) is 5.32 Å². The molecule has 1 rings (SSSR count). The Bertz CT molecular complexity index is 196. The quantitative estimate of drug-likeness (QED) is 0.575. The van der Waals surface area contributed by atoms with Crippen LogP contribution in [0.3, 0.4) is 0 Å². The minimum absolute atomic E-state index is 0.0302. The second-order valence-corrected chi connectivity index (χ2v) is 4.97. The first-order chi connectivity index (χ1) is 6.63. The predicted octanol–water partition coefficient (Wildman–Crippen LogP) is -0.260. The molecule has 0 heterocycles. The van der Waals surface area contributed by atoms with E-state index in [1.165, 1.54) is 11.8 Å². The molecule has 0 saturated heterocycles. The number of nitrogens with one attached hydrogen (secondary N) is 1. The molecule has 3 N–H and O–H groups in total. The van der Waals surface area contributed by atoms with Crippen molar-refractivity contribution in [2.45, 2.75) is 37.2 Å². The van der Waals surface area contributed by atoms with E-state index in [0.717, 1.165) is 12.8 Å². The number of carbonyl (C=O) groups excluding carboxylic acids is 1. The minimum atomic E-state index is -0.726. The molecule has 0 aliphatic heterocycles. The van der Waals surface area contributed by atoms with E-state index in [1.807, 2.05) is 6.92 Å². The maximum absolute atomic E-state index is 11.4. The third kappa shape index (κ3) is 4.30. The first kappa shape index (κ1) is 11.8. The first-order valence-electron chi connectivity index (χ1n) is 4.84. The van der Waals surface area contributed by atoms with Crippen LogP contribution in [-0.2, 0) is 4.79 Å². The fraction of sp³-hybridized carbons (Fsp3) is 0.889. The number of hydrogen-bond donors (Lipinski definition) is 3. The van der Waals surface area contributed by atoms with Gasteiger partial charge in [-0.3, -0.25) is 4.79 Å². The van der Waals surface area contributed by atoms with Crippen molar-refractivity contribution in [3.63, 3.8) is 0 Å². The number of carbonyl (C=O) groups is 1. The molecular weight excluding hydrogens is 202 g/mol. The Balaban J connectivity index is 2.12. The van der Waals surface area contributed by atoms with Crippen LogP contribution in [-0.4, -0.2) is 45.9 Å². The van der Waals surface area contributed by atoms with Gasteiger partial charge in [-0.25, -0.2) is 0 Å². The Morgan fingerprint density at radius 1 is 1.64 bits per heavy atom.